The number of aliphatic hydroxyl groups excluding tert-OH is 1. The van der Waals surface area contributed by atoms with Gasteiger partial charge in [-0.25, -0.2) is 0 Å². The van der Waals surface area contributed by atoms with Crippen LogP contribution in [0.25, 0.3) is 0 Å². The molecule has 0 aromatic rings. The number of hydrogen-bond acceptors (Lipinski definition) is 2. The van der Waals surface area contributed by atoms with E-state index in [0.29, 0.717) is 0 Å². The number of allylic oxidation sites excluding steroid dienone is 6. The van der Waals surface area contributed by atoms with Crippen molar-refractivity contribution in [1.82, 2.24) is 0 Å². The molecule has 128 valence electrons. The van der Waals surface area contributed by atoms with Crippen LogP contribution in [0.5, 0.6) is 0 Å². The molecule has 0 amide bonds. The first-order valence-corrected chi connectivity index (χ1v) is 9.12. The van der Waals surface area contributed by atoms with Crippen molar-refractivity contribution in [3.63, 3.8) is 0 Å². The Morgan fingerprint density at radius 1 is 0.773 bits per heavy atom. The molecule has 0 heterocycles. The summed E-state index contributed by atoms with van der Waals surface area (Å²) in [6, 6.07) is -0.0122. The van der Waals surface area contributed by atoms with Crippen molar-refractivity contribution < 1.29 is 5.11 Å². The predicted octanol–water partition coefficient (Wildman–Crippen LogP) is 5.29. The van der Waals surface area contributed by atoms with Gasteiger partial charge in [0.2, 0.25) is 0 Å². The lowest BCUT2D eigenvalue weighted by molar-refractivity contribution is 0.257. The predicted molar refractivity (Wildman–Crippen MR) is 98.9 cm³/mol. The van der Waals surface area contributed by atoms with Crippen LogP contribution in [0.4, 0.5) is 0 Å². The zero-order valence-corrected chi connectivity index (χ0v) is 14.6. The lowest BCUT2D eigenvalue weighted by Gasteiger charge is -2.06. The zero-order valence-electron chi connectivity index (χ0n) is 14.6. The maximum absolute atomic E-state index is 8.82. The second-order valence-electron chi connectivity index (χ2n) is 5.94. The van der Waals surface area contributed by atoms with Crippen LogP contribution in [0.3, 0.4) is 0 Å². The van der Waals surface area contributed by atoms with Crippen LogP contribution < -0.4 is 5.73 Å². The summed E-state index contributed by atoms with van der Waals surface area (Å²) in [6.45, 7) is 2.28. The van der Waals surface area contributed by atoms with E-state index >= 15 is 0 Å². The SMILES string of the molecule is CC/C=C\C/C=C\C/C=C\CCCCCCCCC(N)CO. The Bertz CT molecular complexity index is 294. The molecule has 0 aliphatic rings. The largest absolute Gasteiger partial charge is 0.395 e. The summed E-state index contributed by atoms with van der Waals surface area (Å²) >= 11 is 0. The standard InChI is InChI=1S/C20H37NO/c1-2-3-4-5-6-7-8-9-10-11-12-13-14-15-16-17-18-20(21)19-22/h3-4,6-7,9-10,20,22H,2,5,8,11-19,21H2,1H3/b4-3-,7-6-,10-9-. The third-order valence-corrected chi connectivity index (χ3v) is 3.71. The molecule has 2 nitrogen and oxygen atoms in total. The van der Waals surface area contributed by atoms with Gasteiger partial charge in [-0.05, 0) is 38.5 Å². The van der Waals surface area contributed by atoms with Gasteiger partial charge in [0.1, 0.15) is 0 Å². The van der Waals surface area contributed by atoms with E-state index in [1.54, 1.807) is 0 Å². The van der Waals surface area contributed by atoms with E-state index in [4.69, 9.17) is 10.8 Å². The minimum Gasteiger partial charge on any atom is -0.395 e. The van der Waals surface area contributed by atoms with E-state index in [-0.39, 0.29) is 12.6 Å². The Morgan fingerprint density at radius 2 is 1.32 bits per heavy atom. The Balaban J connectivity index is 3.22. The zero-order chi connectivity index (χ0) is 16.3. The van der Waals surface area contributed by atoms with Crippen LogP contribution in [-0.4, -0.2) is 17.8 Å². The Labute approximate surface area is 138 Å². The van der Waals surface area contributed by atoms with Crippen molar-refractivity contribution in [1.29, 1.82) is 0 Å². The Hall–Kier alpha value is -0.860. The molecule has 1 unspecified atom stereocenters. The van der Waals surface area contributed by atoms with E-state index < -0.39 is 0 Å². The fraction of sp³-hybridized carbons (Fsp3) is 0.700. The van der Waals surface area contributed by atoms with E-state index in [1.165, 1.54) is 38.5 Å². The van der Waals surface area contributed by atoms with Gasteiger partial charge in [0, 0.05) is 6.04 Å². The summed E-state index contributed by atoms with van der Waals surface area (Å²) in [5.41, 5.74) is 5.67. The molecule has 0 aromatic carbocycles. The molecular weight excluding hydrogens is 270 g/mol. The van der Waals surface area contributed by atoms with Crippen molar-refractivity contribution in [2.75, 3.05) is 6.61 Å². The summed E-state index contributed by atoms with van der Waals surface area (Å²) in [6.07, 6.45) is 26.6. The molecule has 0 spiro atoms. The molecule has 22 heavy (non-hydrogen) atoms. The molecule has 3 N–H and O–H groups in total. The Kier molecular flexibility index (Phi) is 17.5. The fourth-order valence-corrected chi connectivity index (χ4v) is 2.29. The molecule has 1 atom stereocenters. The molecule has 0 aliphatic carbocycles. The summed E-state index contributed by atoms with van der Waals surface area (Å²) in [5, 5.41) is 8.82. The maximum Gasteiger partial charge on any atom is 0.0582 e. The highest BCUT2D eigenvalue weighted by molar-refractivity contribution is 4.96. The van der Waals surface area contributed by atoms with Gasteiger partial charge in [0.15, 0.2) is 0 Å². The summed E-state index contributed by atoms with van der Waals surface area (Å²) < 4.78 is 0. The van der Waals surface area contributed by atoms with Crippen LogP contribution in [0, 0.1) is 0 Å². The van der Waals surface area contributed by atoms with Gasteiger partial charge >= 0.3 is 0 Å². The minimum atomic E-state index is -0.0122. The molecule has 0 aliphatic heterocycles. The first-order chi connectivity index (χ1) is 10.8. The lowest BCUT2D eigenvalue weighted by Crippen LogP contribution is -2.23. The molecule has 2 heteroatoms. The first-order valence-electron chi connectivity index (χ1n) is 9.12. The third-order valence-electron chi connectivity index (χ3n) is 3.71. The van der Waals surface area contributed by atoms with Gasteiger partial charge in [0.25, 0.3) is 0 Å². The molecule has 0 aromatic heterocycles. The van der Waals surface area contributed by atoms with Gasteiger partial charge in [-0.15, -0.1) is 0 Å². The molecule has 0 saturated heterocycles. The van der Waals surface area contributed by atoms with E-state index in [9.17, 15) is 0 Å². The number of nitrogens with two attached hydrogens (primary N) is 1. The monoisotopic (exact) mass is 307 g/mol. The van der Waals surface area contributed by atoms with Crippen LogP contribution in [0.15, 0.2) is 36.5 Å². The number of rotatable bonds is 15. The van der Waals surface area contributed by atoms with E-state index in [2.05, 4.69) is 43.4 Å². The molecule has 0 saturated carbocycles. The summed E-state index contributed by atoms with van der Waals surface area (Å²) in [4.78, 5) is 0. The first kappa shape index (κ1) is 21.1. The van der Waals surface area contributed by atoms with Crippen molar-refractivity contribution in [3.05, 3.63) is 36.5 Å². The molecule has 0 bridgehead atoms. The molecule has 0 rings (SSSR count). The third kappa shape index (κ3) is 17.2. The second-order valence-corrected chi connectivity index (χ2v) is 5.94. The number of aliphatic hydroxyl groups is 1. The highest BCUT2D eigenvalue weighted by Gasteiger charge is 1.98. The molecule has 0 radical (unpaired) electrons. The topological polar surface area (TPSA) is 46.2 Å². The van der Waals surface area contributed by atoms with Gasteiger partial charge in [-0.2, -0.15) is 0 Å². The fourth-order valence-electron chi connectivity index (χ4n) is 2.29. The molecule has 0 fully saturated rings. The normalized spacial score (nSPS) is 13.8. The summed E-state index contributed by atoms with van der Waals surface area (Å²) in [7, 11) is 0. The average molecular weight is 308 g/mol. The number of hydrogen-bond donors (Lipinski definition) is 2. The van der Waals surface area contributed by atoms with Gasteiger partial charge in [-0.1, -0.05) is 75.5 Å². The minimum absolute atomic E-state index is 0.0122. The Morgan fingerprint density at radius 3 is 1.95 bits per heavy atom. The molecular formula is C20H37NO. The van der Waals surface area contributed by atoms with E-state index in [1.807, 2.05) is 0 Å². The van der Waals surface area contributed by atoms with Crippen LogP contribution in [0.2, 0.25) is 0 Å². The maximum atomic E-state index is 8.82. The highest BCUT2D eigenvalue weighted by Crippen LogP contribution is 2.09. The van der Waals surface area contributed by atoms with Crippen LogP contribution in [0.1, 0.15) is 77.6 Å². The van der Waals surface area contributed by atoms with Crippen LogP contribution >= 0.6 is 0 Å². The quantitative estimate of drug-likeness (QED) is 0.319. The van der Waals surface area contributed by atoms with Gasteiger partial charge in [-0.3, -0.25) is 0 Å². The van der Waals surface area contributed by atoms with Crippen molar-refractivity contribution in [2.45, 2.75) is 83.6 Å². The van der Waals surface area contributed by atoms with Crippen molar-refractivity contribution in [2.24, 2.45) is 5.73 Å². The lowest BCUT2D eigenvalue weighted by atomic mass is 10.1. The number of unbranched alkanes of at least 4 members (excludes halogenated alkanes) is 6. The van der Waals surface area contributed by atoms with Crippen LogP contribution in [-0.2, 0) is 0 Å². The van der Waals surface area contributed by atoms with Crippen molar-refractivity contribution in [3.8, 4) is 0 Å². The van der Waals surface area contributed by atoms with Crippen molar-refractivity contribution >= 4 is 0 Å². The van der Waals surface area contributed by atoms with Gasteiger partial charge < -0.3 is 10.8 Å². The smallest absolute Gasteiger partial charge is 0.0582 e. The van der Waals surface area contributed by atoms with Gasteiger partial charge in [0.05, 0.1) is 6.61 Å². The summed E-state index contributed by atoms with van der Waals surface area (Å²) in [5.74, 6) is 0. The highest BCUT2D eigenvalue weighted by atomic mass is 16.3. The second kappa shape index (κ2) is 18.2. The average Bonchev–Trinajstić information content (AvgIpc) is 2.54. The van der Waals surface area contributed by atoms with E-state index in [0.717, 1.165) is 32.1 Å².